The van der Waals surface area contributed by atoms with Crippen molar-refractivity contribution in [3.8, 4) is 0 Å². The van der Waals surface area contributed by atoms with Crippen LogP contribution in [-0.2, 0) is 6.54 Å². The zero-order valence-electron chi connectivity index (χ0n) is 10.5. The maximum absolute atomic E-state index is 6.24. The molecule has 19 heavy (non-hydrogen) atoms. The predicted octanol–water partition coefficient (Wildman–Crippen LogP) is 5.60. The van der Waals surface area contributed by atoms with E-state index in [0.29, 0.717) is 0 Å². The van der Waals surface area contributed by atoms with Crippen LogP contribution in [0.3, 0.4) is 0 Å². The highest BCUT2D eigenvalue weighted by molar-refractivity contribution is 9.13. The lowest BCUT2D eigenvalue weighted by molar-refractivity contribution is 1.11. The molecule has 1 N–H and O–H groups in total. The second-order valence-electron chi connectivity index (χ2n) is 4.22. The van der Waals surface area contributed by atoms with Gasteiger partial charge in [0, 0.05) is 30.0 Å². The molecule has 0 unspecified atom stereocenters. The monoisotopic (exact) mass is 422 g/mol. The fourth-order valence-corrected chi connectivity index (χ4v) is 4.23. The van der Waals surface area contributed by atoms with Gasteiger partial charge in [-0.3, -0.25) is 0 Å². The first-order chi connectivity index (χ1) is 8.99. The van der Waals surface area contributed by atoms with Gasteiger partial charge in [0.1, 0.15) is 0 Å². The number of nitrogens with zero attached hydrogens (tertiary/aromatic N) is 1. The van der Waals surface area contributed by atoms with Crippen molar-refractivity contribution in [2.45, 2.75) is 6.54 Å². The van der Waals surface area contributed by atoms with E-state index in [1.165, 1.54) is 4.88 Å². The highest BCUT2D eigenvalue weighted by Crippen LogP contribution is 2.35. The zero-order chi connectivity index (χ0) is 14.0. The molecule has 0 aliphatic heterocycles. The van der Waals surface area contributed by atoms with Crippen LogP contribution >= 0.6 is 54.8 Å². The Kier molecular flexibility index (Phi) is 5.17. The van der Waals surface area contributed by atoms with Gasteiger partial charge in [-0.25, -0.2) is 0 Å². The molecule has 0 fully saturated rings. The minimum absolute atomic E-state index is 0.753. The van der Waals surface area contributed by atoms with Crippen LogP contribution in [0.5, 0.6) is 0 Å². The van der Waals surface area contributed by atoms with Crippen LogP contribution in [0.2, 0.25) is 5.02 Å². The van der Waals surface area contributed by atoms with Crippen molar-refractivity contribution in [2.75, 3.05) is 24.3 Å². The molecule has 6 heteroatoms. The van der Waals surface area contributed by atoms with E-state index in [1.807, 2.05) is 37.2 Å². The van der Waals surface area contributed by atoms with Gasteiger partial charge >= 0.3 is 0 Å². The van der Waals surface area contributed by atoms with E-state index in [0.717, 1.165) is 31.2 Å². The van der Waals surface area contributed by atoms with Gasteiger partial charge in [-0.1, -0.05) is 17.7 Å². The summed E-state index contributed by atoms with van der Waals surface area (Å²) in [7, 11) is 3.98. The van der Waals surface area contributed by atoms with E-state index in [2.05, 4.69) is 43.2 Å². The molecule has 0 atom stereocenters. The maximum Gasteiger partial charge on any atom is 0.0843 e. The van der Waals surface area contributed by atoms with E-state index < -0.39 is 0 Å². The molecule has 0 saturated heterocycles. The van der Waals surface area contributed by atoms with Crippen molar-refractivity contribution in [3.05, 3.63) is 42.4 Å². The summed E-state index contributed by atoms with van der Waals surface area (Å²) in [6.45, 7) is 0.774. The van der Waals surface area contributed by atoms with Crippen LogP contribution in [0.15, 0.2) is 32.5 Å². The molecule has 2 rings (SSSR count). The molecule has 1 heterocycles. The van der Waals surface area contributed by atoms with Gasteiger partial charge in [0.2, 0.25) is 0 Å². The second kappa shape index (κ2) is 6.48. The van der Waals surface area contributed by atoms with E-state index in [-0.39, 0.29) is 0 Å². The first-order valence-electron chi connectivity index (χ1n) is 5.62. The van der Waals surface area contributed by atoms with Crippen molar-refractivity contribution in [3.63, 3.8) is 0 Å². The first kappa shape index (κ1) is 15.2. The molecule has 2 nitrogen and oxygen atoms in total. The van der Waals surface area contributed by atoms with Gasteiger partial charge < -0.3 is 10.2 Å². The number of anilines is 2. The Hall–Kier alpha value is -0.230. The minimum Gasteiger partial charge on any atom is -0.378 e. The number of para-hydroxylation sites is 1. The Bertz CT molecular complexity index is 565. The van der Waals surface area contributed by atoms with E-state index in [9.17, 15) is 0 Å². The summed E-state index contributed by atoms with van der Waals surface area (Å²) < 4.78 is 2.21. The van der Waals surface area contributed by atoms with Crippen molar-refractivity contribution >= 4 is 66.2 Å². The fourth-order valence-electron chi connectivity index (χ4n) is 1.77. The Morgan fingerprint density at radius 3 is 2.63 bits per heavy atom. The largest absolute Gasteiger partial charge is 0.378 e. The van der Waals surface area contributed by atoms with E-state index in [1.54, 1.807) is 11.3 Å². The van der Waals surface area contributed by atoms with Gasteiger partial charge in [0.15, 0.2) is 0 Å². The number of rotatable bonds is 4. The SMILES string of the molecule is CN(C)c1c(Cl)cccc1NCc1cc(Br)c(Br)s1. The zero-order valence-corrected chi connectivity index (χ0v) is 15.3. The van der Waals surface area contributed by atoms with Crippen molar-refractivity contribution in [2.24, 2.45) is 0 Å². The van der Waals surface area contributed by atoms with Crippen molar-refractivity contribution < 1.29 is 0 Å². The third-order valence-electron chi connectivity index (χ3n) is 2.58. The topological polar surface area (TPSA) is 15.3 Å². The normalized spacial score (nSPS) is 10.6. The van der Waals surface area contributed by atoms with Crippen LogP contribution in [-0.4, -0.2) is 14.1 Å². The maximum atomic E-state index is 6.24. The lowest BCUT2D eigenvalue weighted by atomic mass is 10.2. The summed E-state index contributed by atoms with van der Waals surface area (Å²) in [6.07, 6.45) is 0. The molecule has 1 aromatic heterocycles. The number of nitrogens with one attached hydrogen (secondary N) is 1. The highest BCUT2D eigenvalue weighted by atomic mass is 79.9. The molecular weight excluding hydrogens is 411 g/mol. The van der Waals surface area contributed by atoms with E-state index >= 15 is 0 Å². The lowest BCUT2D eigenvalue weighted by Crippen LogP contribution is -2.12. The van der Waals surface area contributed by atoms with Crippen LogP contribution in [0.25, 0.3) is 0 Å². The molecule has 0 amide bonds. The summed E-state index contributed by atoms with van der Waals surface area (Å²) in [6, 6.07) is 8.01. The summed E-state index contributed by atoms with van der Waals surface area (Å²) in [5.74, 6) is 0. The van der Waals surface area contributed by atoms with Crippen LogP contribution in [0.4, 0.5) is 11.4 Å². The summed E-state index contributed by atoms with van der Waals surface area (Å²) in [5.41, 5.74) is 2.05. The van der Waals surface area contributed by atoms with Crippen LogP contribution < -0.4 is 10.2 Å². The fraction of sp³-hybridized carbons (Fsp3) is 0.231. The molecule has 0 aliphatic carbocycles. The van der Waals surface area contributed by atoms with E-state index in [4.69, 9.17) is 11.6 Å². The summed E-state index contributed by atoms with van der Waals surface area (Å²) in [4.78, 5) is 3.27. The molecule has 0 aliphatic rings. The van der Waals surface area contributed by atoms with Crippen LogP contribution in [0.1, 0.15) is 4.88 Å². The Labute approximate surface area is 139 Å². The van der Waals surface area contributed by atoms with Gasteiger partial charge in [-0.05, 0) is 50.1 Å². The van der Waals surface area contributed by atoms with Crippen LogP contribution in [0, 0.1) is 0 Å². The number of halogens is 3. The lowest BCUT2D eigenvalue weighted by Gasteiger charge is -2.19. The molecule has 102 valence electrons. The molecule has 0 radical (unpaired) electrons. The van der Waals surface area contributed by atoms with Gasteiger partial charge in [-0.15, -0.1) is 11.3 Å². The number of thiophene rings is 1. The second-order valence-corrected chi connectivity index (χ2v) is 7.93. The summed E-state index contributed by atoms with van der Waals surface area (Å²) >= 11 is 15.0. The molecular formula is C13H13Br2ClN2S. The molecule has 0 saturated carbocycles. The van der Waals surface area contributed by atoms with Crippen molar-refractivity contribution in [1.29, 1.82) is 0 Å². The molecule has 2 aromatic rings. The Balaban J connectivity index is 2.17. The highest BCUT2D eigenvalue weighted by Gasteiger charge is 2.10. The number of hydrogen-bond acceptors (Lipinski definition) is 3. The standard InChI is InChI=1S/C13H13Br2ClN2S/c1-18(2)12-10(16)4-3-5-11(12)17-7-8-6-9(14)13(15)19-8/h3-6,17H,7H2,1-2H3. The summed E-state index contributed by atoms with van der Waals surface area (Å²) in [5, 5.41) is 4.19. The number of hydrogen-bond donors (Lipinski definition) is 1. The average molecular weight is 425 g/mol. The Morgan fingerprint density at radius 2 is 2.05 bits per heavy atom. The van der Waals surface area contributed by atoms with Gasteiger partial charge in [0.05, 0.1) is 20.2 Å². The predicted molar refractivity (Wildman–Crippen MR) is 92.8 cm³/mol. The third kappa shape index (κ3) is 3.66. The smallest absolute Gasteiger partial charge is 0.0843 e. The molecule has 0 bridgehead atoms. The Morgan fingerprint density at radius 1 is 1.32 bits per heavy atom. The third-order valence-corrected chi connectivity index (χ3v) is 6.14. The average Bonchev–Trinajstić information content (AvgIpc) is 2.65. The number of benzene rings is 1. The van der Waals surface area contributed by atoms with Crippen molar-refractivity contribution in [1.82, 2.24) is 0 Å². The van der Waals surface area contributed by atoms with Gasteiger partial charge in [0.25, 0.3) is 0 Å². The quantitative estimate of drug-likeness (QED) is 0.687. The van der Waals surface area contributed by atoms with Gasteiger partial charge in [-0.2, -0.15) is 0 Å². The minimum atomic E-state index is 0.753. The first-order valence-corrected chi connectivity index (χ1v) is 8.40. The molecule has 0 spiro atoms. The molecule has 1 aromatic carbocycles.